The molecule has 5 nitrogen and oxygen atoms in total. The summed E-state index contributed by atoms with van der Waals surface area (Å²) in [6.45, 7) is 6.92. The lowest BCUT2D eigenvalue weighted by Gasteiger charge is -2.21. The van der Waals surface area contributed by atoms with Crippen molar-refractivity contribution in [1.82, 2.24) is 10.6 Å². The summed E-state index contributed by atoms with van der Waals surface area (Å²) in [6, 6.07) is 0.462. The summed E-state index contributed by atoms with van der Waals surface area (Å²) in [7, 11) is 0. The van der Waals surface area contributed by atoms with Crippen molar-refractivity contribution >= 4 is 6.09 Å². The van der Waals surface area contributed by atoms with Crippen molar-refractivity contribution in [3.05, 3.63) is 0 Å². The Morgan fingerprint density at radius 3 is 2.67 bits per heavy atom. The molecule has 2 heterocycles. The Bertz CT molecular complexity index is 301. The molecule has 0 radical (unpaired) electrons. The molecule has 2 rings (SSSR count). The Labute approximate surface area is 109 Å². The van der Waals surface area contributed by atoms with Crippen LogP contribution >= 0.6 is 0 Å². The molecule has 0 aromatic heterocycles. The summed E-state index contributed by atoms with van der Waals surface area (Å²) in [5.41, 5.74) is -0.435. The van der Waals surface area contributed by atoms with Crippen LogP contribution in [0.15, 0.2) is 0 Å². The standard InChI is InChI=1S/C13H24N2O3/c1-13(2,3)18-12(16)15-7-6-14-10-8-9-4-5-11(10)17-9/h9-11,14H,4-8H2,1-3H3,(H,15,16). The fraction of sp³-hybridized carbons (Fsp3) is 0.923. The van der Waals surface area contributed by atoms with Crippen LogP contribution in [0.3, 0.4) is 0 Å². The third-order valence-corrected chi connectivity index (χ3v) is 3.31. The van der Waals surface area contributed by atoms with Gasteiger partial charge in [-0.25, -0.2) is 4.79 Å². The van der Waals surface area contributed by atoms with Crippen molar-refractivity contribution in [2.45, 2.75) is 63.9 Å². The van der Waals surface area contributed by atoms with Gasteiger partial charge in [-0.05, 0) is 40.0 Å². The van der Waals surface area contributed by atoms with Gasteiger partial charge in [-0.3, -0.25) is 0 Å². The van der Waals surface area contributed by atoms with Crippen LogP contribution in [-0.2, 0) is 9.47 Å². The highest BCUT2D eigenvalue weighted by atomic mass is 16.6. The van der Waals surface area contributed by atoms with E-state index in [-0.39, 0.29) is 6.09 Å². The van der Waals surface area contributed by atoms with Crippen molar-refractivity contribution in [2.75, 3.05) is 13.1 Å². The zero-order valence-electron chi connectivity index (χ0n) is 11.5. The van der Waals surface area contributed by atoms with Gasteiger partial charge in [0.2, 0.25) is 0 Å². The maximum Gasteiger partial charge on any atom is 0.407 e. The summed E-state index contributed by atoms with van der Waals surface area (Å²) in [4.78, 5) is 11.4. The van der Waals surface area contributed by atoms with E-state index in [1.54, 1.807) is 0 Å². The summed E-state index contributed by atoms with van der Waals surface area (Å²) in [5, 5.41) is 6.18. The first-order chi connectivity index (χ1) is 8.44. The van der Waals surface area contributed by atoms with Gasteiger partial charge in [-0.2, -0.15) is 0 Å². The minimum atomic E-state index is -0.435. The smallest absolute Gasteiger partial charge is 0.407 e. The molecular weight excluding hydrogens is 232 g/mol. The molecule has 0 saturated carbocycles. The summed E-state index contributed by atoms with van der Waals surface area (Å²) in [6.07, 6.45) is 3.98. The van der Waals surface area contributed by atoms with Crippen LogP contribution in [0.1, 0.15) is 40.0 Å². The van der Waals surface area contributed by atoms with Crippen LogP contribution in [-0.4, -0.2) is 43.0 Å². The van der Waals surface area contributed by atoms with Gasteiger partial charge >= 0.3 is 6.09 Å². The van der Waals surface area contributed by atoms with Gasteiger partial charge in [0.1, 0.15) is 5.60 Å². The van der Waals surface area contributed by atoms with E-state index >= 15 is 0 Å². The summed E-state index contributed by atoms with van der Waals surface area (Å²) >= 11 is 0. The zero-order valence-corrected chi connectivity index (χ0v) is 11.5. The molecule has 3 unspecified atom stereocenters. The molecule has 2 saturated heterocycles. The second-order valence-electron chi connectivity index (χ2n) is 6.10. The highest BCUT2D eigenvalue weighted by Crippen LogP contribution is 2.34. The van der Waals surface area contributed by atoms with Crippen molar-refractivity contribution < 1.29 is 14.3 Å². The first kappa shape index (κ1) is 13.6. The number of carbonyl (C=O) groups excluding carboxylic acids is 1. The predicted molar refractivity (Wildman–Crippen MR) is 68.5 cm³/mol. The van der Waals surface area contributed by atoms with Crippen LogP contribution in [0.25, 0.3) is 0 Å². The normalized spacial score (nSPS) is 30.5. The number of ether oxygens (including phenoxy) is 2. The van der Waals surface area contributed by atoms with Crippen LogP contribution in [0.4, 0.5) is 4.79 Å². The number of rotatable bonds is 4. The van der Waals surface area contributed by atoms with Gasteiger partial charge < -0.3 is 20.1 Å². The van der Waals surface area contributed by atoms with Crippen molar-refractivity contribution in [3.8, 4) is 0 Å². The summed E-state index contributed by atoms with van der Waals surface area (Å²) in [5.74, 6) is 0. The fourth-order valence-electron chi connectivity index (χ4n) is 2.59. The highest BCUT2D eigenvalue weighted by Gasteiger charge is 2.40. The topological polar surface area (TPSA) is 59.6 Å². The highest BCUT2D eigenvalue weighted by molar-refractivity contribution is 5.67. The molecule has 2 bridgehead atoms. The van der Waals surface area contributed by atoms with E-state index in [9.17, 15) is 4.79 Å². The largest absolute Gasteiger partial charge is 0.444 e. The first-order valence-corrected chi connectivity index (χ1v) is 6.80. The Balaban J connectivity index is 1.55. The number of fused-ring (bicyclic) bond motifs is 2. The zero-order chi connectivity index (χ0) is 13.2. The Morgan fingerprint density at radius 1 is 1.33 bits per heavy atom. The van der Waals surface area contributed by atoms with Gasteiger partial charge in [0.15, 0.2) is 0 Å². The van der Waals surface area contributed by atoms with Gasteiger partial charge in [0.05, 0.1) is 12.2 Å². The molecule has 2 N–H and O–H groups in total. The quantitative estimate of drug-likeness (QED) is 0.747. The average Bonchev–Trinajstić information content (AvgIpc) is 2.83. The molecule has 104 valence electrons. The predicted octanol–water partition coefficient (Wildman–Crippen LogP) is 1.42. The van der Waals surface area contributed by atoms with Gasteiger partial charge in [-0.15, -0.1) is 0 Å². The number of carbonyl (C=O) groups is 1. The number of nitrogens with one attached hydrogen (secondary N) is 2. The van der Waals surface area contributed by atoms with E-state index in [2.05, 4.69) is 10.6 Å². The van der Waals surface area contributed by atoms with Gasteiger partial charge in [0.25, 0.3) is 0 Å². The number of hydrogen-bond acceptors (Lipinski definition) is 4. The molecule has 2 aliphatic heterocycles. The van der Waals surface area contributed by atoms with Gasteiger partial charge in [0, 0.05) is 19.1 Å². The van der Waals surface area contributed by atoms with E-state index < -0.39 is 5.60 Å². The van der Waals surface area contributed by atoms with Crippen molar-refractivity contribution in [1.29, 1.82) is 0 Å². The molecule has 3 atom stereocenters. The van der Waals surface area contributed by atoms with E-state index in [1.807, 2.05) is 20.8 Å². The fourth-order valence-corrected chi connectivity index (χ4v) is 2.59. The molecule has 0 aromatic carbocycles. The van der Waals surface area contributed by atoms with Crippen LogP contribution in [0.5, 0.6) is 0 Å². The lowest BCUT2D eigenvalue weighted by atomic mass is 9.95. The molecule has 0 aromatic rings. The third-order valence-electron chi connectivity index (χ3n) is 3.31. The van der Waals surface area contributed by atoms with Crippen LogP contribution in [0, 0.1) is 0 Å². The summed E-state index contributed by atoms with van der Waals surface area (Å²) < 4.78 is 10.9. The third kappa shape index (κ3) is 3.85. The lowest BCUT2D eigenvalue weighted by Crippen LogP contribution is -2.42. The molecule has 0 aliphatic carbocycles. The first-order valence-electron chi connectivity index (χ1n) is 6.80. The number of amides is 1. The molecule has 2 fully saturated rings. The Hall–Kier alpha value is -0.810. The average molecular weight is 256 g/mol. The number of alkyl carbamates (subject to hydrolysis) is 1. The SMILES string of the molecule is CC(C)(C)OC(=O)NCCNC1CC2CCC1O2. The maximum atomic E-state index is 11.4. The van der Waals surface area contributed by atoms with E-state index in [0.717, 1.165) is 13.0 Å². The molecule has 0 spiro atoms. The van der Waals surface area contributed by atoms with E-state index in [1.165, 1.54) is 12.8 Å². The number of hydrogen-bond donors (Lipinski definition) is 2. The minimum absolute atomic E-state index is 0.353. The molecule has 1 amide bonds. The monoisotopic (exact) mass is 256 g/mol. The molecule has 2 aliphatic rings. The van der Waals surface area contributed by atoms with Crippen LogP contribution < -0.4 is 10.6 Å². The van der Waals surface area contributed by atoms with Crippen LogP contribution in [0.2, 0.25) is 0 Å². The Kier molecular flexibility index (Phi) is 4.12. The van der Waals surface area contributed by atoms with Gasteiger partial charge in [-0.1, -0.05) is 0 Å². The minimum Gasteiger partial charge on any atom is -0.444 e. The second kappa shape index (κ2) is 5.45. The molecule has 5 heteroatoms. The molecule has 18 heavy (non-hydrogen) atoms. The molecular formula is C13H24N2O3. The van der Waals surface area contributed by atoms with E-state index in [4.69, 9.17) is 9.47 Å². The van der Waals surface area contributed by atoms with E-state index in [0.29, 0.717) is 24.8 Å². The maximum absolute atomic E-state index is 11.4. The Morgan fingerprint density at radius 2 is 2.11 bits per heavy atom. The van der Waals surface area contributed by atoms with Crippen molar-refractivity contribution in [2.24, 2.45) is 0 Å². The lowest BCUT2D eigenvalue weighted by molar-refractivity contribution is 0.0527. The second-order valence-corrected chi connectivity index (χ2v) is 6.10. The van der Waals surface area contributed by atoms with Crippen molar-refractivity contribution in [3.63, 3.8) is 0 Å².